The lowest BCUT2D eigenvalue weighted by molar-refractivity contribution is -0.123. The van der Waals surface area contributed by atoms with Crippen molar-refractivity contribution >= 4 is 18.3 Å². The highest BCUT2D eigenvalue weighted by Crippen LogP contribution is 2.29. The van der Waals surface area contributed by atoms with E-state index in [-0.39, 0.29) is 18.3 Å². The van der Waals surface area contributed by atoms with E-state index in [0.29, 0.717) is 30.7 Å². The largest absolute Gasteiger partial charge is 0.352 e. The molecule has 4 nitrogen and oxygen atoms in total. The molecule has 0 spiro atoms. The van der Waals surface area contributed by atoms with Gasteiger partial charge < -0.3 is 10.6 Å². The molecule has 0 radical (unpaired) electrons. The van der Waals surface area contributed by atoms with Gasteiger partial charge in [0.2, 0.25) is 5.91 Å². The number of nitrogens with zero attached hydrogens (tertiary/aromatic N) is 1. The Bertz CT molecular complexity index is 359. The van der Waals surface area contributed by atoms with Crippen molar-refractivity contribution in [2.75, 3.05) is 13.6 Å². The first kappa shape index (κ1) is 18.0. The Morgan fingerprint density at radius 2 is 1.68 bits per heavy atom. The summed E-state index contributed by atoms with van der Waals surface area (Å²) in [4.78, 5) is 14.5. The number of hydrogen-bond acceptors (Lipinski definition) is 3. The molecular weight excluding hydrogens is 298 g/mol. The predicted octanol–water partition coefficient (Wildman–Crippen LogP) is 2.32. The summed E-state index contributed by atoms with van der Waals surface area (Å²) in [6.07, 6.45) is 9.91. The van der Waals surface area contributed by atoms with E-state index >= 15 is 0 Å². The lowest BCUT2D eigenvalue weighted by Gasteiger charge is -2.35. The van der Waals surface area contributed by atoms with Crippen LogP contribution in [0.4, 0.5) is 0 Å². The van der Waals surface area contributed by atoms with Crippen LogP contribution in [0.2, 0.25) is 0 Å². The molecule has 2 bridgehead atoms. The van der Waals surface area contributed by atoms with Crippen LogP contribution in [0.3, 0.4) is 0 Å². The molecule has 1 amide bonds. The maximum absolute atomic E-state index is 12.3. The smallest absolute Gasteiger partial charge is 0.234 e. The van der Waals surface area contributed by atoms with Crippen molar-refractivity contribution in [2.24, 2.45) is 5.92 Å². The van der Waals surface area contributed by atoms with E-state index in [1.807, 2.05) is 0 Å². The number of hydrogen-bond donors (Lipinski definition) is 2. The summed E-state index contributed by atoms with van der Waals surface area (Å²) in [5, 5.41) is 6.92. The van der Waals surface area contributed by atoms with Crippen molar-refractivity contribution in [3.63, 3.8) is 0 Å². The van der Waals surface area contributed by atoms with Crippen LogP contribution in [0.15, 0.2) is 0 Å². The van der Waals surface area contributed by atoms with Crippen LogP contribution in [0, 0.1) is 5.92 Å². The highest BCUT2D eigenvalue weighted by atomic mass is 35.5. The van der Waals surface area contributed by atoms with Gasteiger partial charge in [-0.15, -0.1) is 12.4 Å². The number of fused-ring (bicyclic) bond motifs is 2. The van der Waals surface area contributed by atoms with Gasteiger partial charge in [-0.1, -0.05) is 6.92 Å². The number of carbonyl (C=O) groups excluding carboxylic acids is 1. The standard InChI is InChI=1S/C17H31N3O.ClH/c1-12-3-5-13(6-4-12)19-17(21)11-20(2)16-9-14-7-8-15(10-16)18-14;/h12-16,18H,3-11H2,1-2H3,(H,19,21);1H. The predicted molar refractivity (Wildman–Crippen MR) is 92.4 cm³/mol. The van der Waals surface area contributed by atoms with Crippen LogP contribution in [-0.4, -0.2) is 48.6 Å². The molecule has 2 unspecified atom stereocenters. The van der Waals surface area contributed by atoms with Gasteiger partial charge in [0, 0.05) is 24.2 Å². The molecule has 22 heavy (non-hydrogen) atoms. The average Bonchev–Trinajstić information content (AvgIpc) is 2.80. The van der Waals surface area contributed by atoms with Crippen molar-refractivity contribution in [1.29, 1.82) is 0 Å². The van der Waals surface area contributed by atoms with E-state index in [0.717, 1.165) is 18.8 Å². The molecule has 5 heteroatoms. The summed E-state index contributed by atoms with van der Waals surface area (Å²) in [6.45, 7) is 2.88. The lowest BCUT2D eigenvalue weighted by Crippen LogP contribution is -2.50. The average molecular weight is 330 g/mol. The fourth-order valence-electron chi connectivity index (χ4n) is 4.42. The molecule has 3 aliphatic rings. The van der Waals surface area contributed by atoms with E-state index in [1.165, 1.54) is 38.5 Å². The molecule has 128 valence electrons. The van der Waals surface area contributed by atoms with E-state index in [4.69, 9.17) is 0 Å². The van der Waals surface area contributed by atoms with Crippen LogP contribution in [-0.2, 0) is 4.79 Å². The molecule has 2 atom stereocenters. The number of halogens is 1. The molecule has 0 aromatic carbocycles. The van der Waals surface area contributed by atoms with E-state index in [1.54, 1.807) is 0 Å². The third kappa shape index (κ3) is 4.59. The molecule has 2 heterocycles. The second-order valence-electron chi connectivity index (χ2n) is 7.70. The molecule has 2 aliphatic heterocycles. The topological polar surface area (TPSA) is 44.4 Å². The van der Waals surface area contributed by atoms with Crippen LogP contribution < -0.4 is 10.6 Å². The molecular formula is C17H32ClN3O. The normalized spacial score (nSPS) is 37.7. The van der Waals surface area contributed by atoms with E-state index < -0.39 is 0 Å². The van der Waals surface area contributed by atoms with Crippen molar-refractivity contribution in [1.82, 2.24) is 15.5 Å². The van der Waals surface area contributed by atoms with Crippen molar-refractivity contribution in [2.45, 2.75) is 82.5 Å². The third-order valence-electron chi connectivity index (χ3n) is 5.85. The molecule has 2 saturated heterocycles. The first-order valence-corrected chi connectivity index (χ1v) is 8.86. The highest BCUT2D eigenvalue weighted by molar-refractivity contribution is 5.85. The summed E-state index contributed by atoms with van der Waals surface area (Å²) in [5.41, 5.74) is 0. The minimum absolute atomic E-state index is 0. The van der Waals surface area contributed by atoms with Gasteiger partial charge in [-0.05, 0) is 64.3 Å². The van der Waals surface area contributed by atoms with Crippen molar-refractivity contribution in [3.8, 4) is 0 Å². The van der Waals surface area contributed by atoms with E-state index in [9.17, 15) is 4.79 Å². The molecule has 0 aromatic rings. The fourth-order valence-corrected chi connectivity index (χ4v) is 4.42. The number of likely N-dealkylation sites (N-methyl/N-ethyl adjacent to an activating group) is 1. The van der Waals surface area contributed by atoms with Crippen molar-refractivity contribution in [3.05, 3.63) is 0 Å². The Balaban J connectivity index is 0.00000176. The zero-order valence-electron chi connectivity index (χ0n) is 14.0. The summed E-state index contributed by atoms with van der Waals surface area (Å²) in [6, 6.07) is 2.39. The zero-order valence-corrected chi connectivity index (χ0v) is 14.8. The van der Waals surface area contributed by atoms with Gasteiger partial charge in [0.05, 0.1) is 6.54 Å². The Kier molecular flexibility index (Phi) is 6.54. The molecule has 2 N–H and O–H groups in total. The maximum Gasteiger partial charge on any atom is 0.234 e. The van der Waals surface area contributed by atoms with Crippen LogP contribution >= 0.6 is 12.4 Å². The third-order valence-corrected chi connectivity index (χ3v) is 5.85. The monoisotopic (exact) mass is 329 g/mol. The van der Waals surface area contributed by atoms with Gasteiger partial charge in [-0.3, -0.25) is 9.69 Å². The van der Waals surface area contributed by atoms with Gasteiger partial charge in [-0.25, -0.2) is 0 Å². The SMILES string of the molecule is CC1CCC(NC(=O)CN(C)C2CC3CCC(C2)N3)CC1.Cl. The van der Waals surface area contributed by atoms with Gasteiger partial charge in [0.1, 0.15) is 0 Å². The number of amides is 1. The van der Waals surface area contributed by atoms with Crippen LogP contribution in [0.1, 0.15) is 58.3 Å². The minimum Gasteiger partial charge on any atom is -0.352 e. The zero-order chi connectivity index (χ0) is 14.8. The molecule has 3 fully saturated rings. The minimum atomic E-state index is 0. The van der Waals surface area contributed by atoms with Gasteiger partial charge >= 0.3 is 0 Å². The van der Waals surface area contributed by atoms with Gasteiger partial charge in [0.25, 0.3) is 0 Å². The Morgan fingerprint density at radius 3 is 2.27 bits per heavy atom. The molecule has 3 rings (SSSR count). The van der Waals surface area contributed by atoms with Gasteiger partial charge in [-0.2, -0.15) is 0 Å². The summed E-state index contributed by atoms with van der Waals surface area (Å²) in [7, 11) is 2.12. The maximum atomic E-state index is 12.3. The number of rotatable bonds is 4. The summed E-state index contributed by atoms with van der Waals surface area (Å²) >= 11 is 0. The summed E-state index contributed by atoms with van der Waals surface area (Å²) in [5.74, 6) is 1.06. The number of nitrogens with one attached hydrogen (secondary N) is 2. The quantitative estimate of drug-likeness (QED) is 0.832. The first-order valence-electron chi connectivity index (χ1n) is 8.86. The molecule has 0 aromatic heterocycles. The second-order valence-corrected chi connectivity index (χ2v) is 7.70. The van der Waals surface area contributed by atoms with Crippen molar-refractivity contribution < 1.29 is 4.79 Å². The Labute approximate surface area is 141 Å². The fraction of sp³-hybridized carbons (Fsp3) is 0.941. The number of piperidine rings is 1. The highest BCUT2D eigenvalue weighted by Gasteiger charge is 2.35. The summed E-state index contributed by atoms with van der Waals surface area (Å²) < 4.78 is 0. The lowest BCUT2D eigenvalue weighted by atomic mass is 9.87. The Hall–Kier alpha value is -0.320. The number of carbonyl (C=O) groups is 1. The second kappa shape index (κ2) is 7.98. The Morgan fingerprint density at radius 1 is 1.09 bits per heavy atom. The molecule has 1 aliphatic carbocycles. The van der Waals surface area contributed by atoms with Crippen LogP contribution in [0.25, 0.3) is 0 Å². The molecule has 1 saturated carbocycles. The van der Waals surface area contributed by atoms with Gasteiger partial charge in [0.15, 0.2) is 0 Å². The first-order chi connectivity index (χ1) is 10.1. The van der Waals surface area contributed by atoms with Crippen LogP contribution in [0.5, 0.6) is 0 Å². The van der Waals surface area contributed by atoms with E-state index in [2.05, 4.69) is 29.5 Å².